The van der Waals surface area contributed by atoms with Crippen LogP contribution in [-0.2, 0) is 28.6 Å². The number of carbonyl (C=O) groups excluding carboxylic acids is 1. The van der Waals surface area contributed by atoms with Crippen molar-refractivity contribution >= 4 is 11.9 Å². The van der Waals surface area contributed by atoms with Crippen LogP contribution in [0.15, 0.2) is 42.5 Å². The second-order valence-electron chi connectivity index (χ2n) is 5.79. The molecule has 0 aliphatic carbocycles. The van der Waals surface area contributed by atoms with E-state index in [9.17, 15) is 36.6 Å². The Kier molecular flexibility index (Phi) is 6.14. The van der Waals surface area contributed by atoms with E-state index in [-0.39, 0.29) is 17.5 Å². The fraction of sp³-hybridized carbons (Fsp3) is 0.222. The average Bonchev–Trinajstić information content (AvgIpc) is 2.57. The van der Waals surface area contributed by atoms with Gasteiger partial charge in [0.25, 0.3) is 0 Å². The molecule has 0 radical (unpaired) electrons. The molecule has 0 saturated carbocycles. The van der Waals surface area contributed by atoms with Crippen molar-refractivity contribution in [3.05, 3.63) is 70.8 Å². The lowest BCUT2D eigenvalue weighted by Crippen LogP contribution is -2.43. The third-order valence-corrected chi connectivity index (χ3v) is 3.68. The van der Waals surface area contributed by atoms with Gasteiger partial charge in [0.05, 0.1) is 12.0 Å². The highest BCUT2D eigenvalue weighted by Crippen LogP contribution is 2.29. The molecular weight excluding hydrogens is 373 g/mol. The van der Waals surface area contributed by atoms with Gasteiger partial charge in [-0.1, -0.05) is 24.3 Å². The molecule has 2 aromatic carbocycles. The van der Waals surface area contributed by atoms with Crippen molar-refractivity contribution in [1.29, 1.82) is 0 Å². The SMILES string of the molecule is O=C(Cc1ccc(F)c(F)c1)N[C@H](Cc1cccc(C(F)(F)F)c1)C(=O)O. The molecule has 0 aromatic heterocycles. The van der Waals surface area contributed by atoms with Crippen molar-refractivity contribution in [2.45, 2.75) is 25.1 Å². The van der Waals surface area contributed by atoms with E-state index in [0.29, 0.717) is 0 Å². The number of carboxylic acid groups (broad SMARTS) is 1. The monoisotopic (exact) mass is 387 g/mol. The molecular formula is C18H14F5NO3. The van der Waals surface area contributed by atoms with Crippen molar-refractivity contribution in [2.24, 2.45) is 0 Å². The maximum atomic E-state index is 13.1. The molecule has 0 heterocycles. The molecule has 2 N–H and O–H groups in total. The first kappa shape index (κ1) is 20.3. The normalized spacial score (nSPS) is 12.5. The van der Waals surface area contributed by atoms with Crippen LogP contribution >= 0.6 is 0 Å². The van der Waals surface area contributed by atoms with Crippen LogP contribution < -0.4 is 5.32 Å². The Bertz CT molecular complexity index is 851. The Labute approximate surface area is 150 Å². The first-order valence-corrected chi connectivity index (χ1v) is 7.68. The first-order valence-electron chi connectivity index (χ1n) is 7.68. The fourth-order valence-electron chi connectivity index (χ4n) is 2.39. The smallest absolute Gasteiger partial charge is 0.416 e. The van der Waals surface area contributed by atoms with Gasteiger partial charge in [-0.15, -0.1) is 0 Å². The number of alkyl halides is 3. The van der Waals surface area contributed by atoms with Crippen LogP contribution in [0.5, 0.6) is 0 Å². The Balaban J connectivity index is 2.08. The van der Waals surface area contributed by atoms with E-state index in [1.807, 2.05) is 0 Å². The van der Waals surface area contributed by atoms with Crippen molar-refractivity contribution in [1.82, 2.24) is 5.32 Å². The van der Waals surface area contributed by atoms with Crippen molar-refractivity contribution < 1.29 is 36.6 Å². The highest BCUT2D eigenvalue weighted by atomic mass is 19.4. The van der Waals surface area contributed by atoms with Gasteiger partial charge in [-0.3, -0.25) is 4.79 Å². The lowest BCUT2D eigenvalue weighted by atomic mass is 10.0. The van der Waals surface area contributed by atoms with Gasteiger partial charge in [-0.25, -0.2) is 13.6 Å². The second kappa shape index (κ2) is 8.15. The van der Waals surface area contributed by atoms with Crippen LogP contribution in [-0.4, -0.2) is 23.0 Å². The lowest BCUT2D eigenvalue weighted by molar-refractivity contribution is -0.141. The van der Waals surface area contributed by atoms with Gasteiger partial charge in [-0.2, -0.15) is 13.2 Å². The second-order valence-corrected chi connectivity index (χ2v) is 5.79. The molecule has 1 atom stereocenters. The zero-order chi connectivity index (χ0) is 20.2. The summed E-state index contributed by atoms with van der Waals surface area (Å²) in [6.07, 6.45) is -5.36. The van der Waals surface area contributed by atoms with E-state index in [1.54, 1.807) is 0 Å². The van der Waals surface area contributed by atoms with Gasteiger partial charge in [0.15, 0.2) is 11.6 Å². The van der Waals surface area contributed by atoms with E-state index >= 15 is 0 Å². The van der Waals surface area contributed by atoms with Crippen LogP contribution in [0, 0.1) is 11.6 Å². The predicted octanol–water partition coefficient (Wildman–Crippen LogP) is 3.34. The number of carboxylic acids is 1. The molecule has 0 unspecified atom stereocenters. The first-order chi connectivity index (χ1) is 12.6. The van der Waals surface area contributed by atoms with E-state index in [2.05, 4.69) is 5.32 Å². The number of amides is 1. The van der Waals surface area contributed by atoms with Gasteiger partial charge >= 0.3 is 12.1 Å². The van der Waals surface area contributed by atoms with Gasteiger partial charge in [0.1, 0.15) is 6.04 Å². The van der Waals surface area contributed by atoms with Crippen LogP contribution in [0.2, 0.25) is 0 Å². The number of rotatable bonds is 6. The molecule has 0 aliphatic heterocycles. The molecule has 9 heteroatoms. The Morgan fingerprint density at radius 3 is 2.30 bits per heavy atom. The maximum Gasteiger partial charge on any atom is 0.416 e. The highest BCUT2D eigenvalue weighted by Gasteiger charge is 2.31. The number of hydrogen-bond donors (Lipinski definition) is 2. The van der Waals surface area contributed by atoms with Crippen molar-refractivity contribution in [2.75, 3.05) is 0 Å². The average molecular weight is 387 g/mol. The molecule has 1 amide bonds. The largest absolute Gasteiger partial charge is 0.480 e. The van der Waals surface area contributed by atoms with Gasteiger partial charge in [-0.05, 0) is 29.3 Å². The van der Waals surface area contributed by atoms with Crippen LogP contribution in [0.4, 0.5) is 22.0 Å². The minimum Gasteiger partial charge on any atom is -0.480 e. The van der Waals surface area contributed by atoms with E-state index < -0.39 is 47.7 Å². The van der Waals surface area contributed by atoms with E-state index in [0.717, 1.165) is 30.3 Å². The standard InChI is InChI=1S/C18H14F5NO3/c19-13-5-4-11(7-14(13)20)9-16(25)24-15(17(26)27)8-10-2-1-3-12(6-10)18(21,22)23/h1-7,15H,8-9H2,(H,24,25)(H,26,27)/t15-/m1/s1. The molecule has 144 valence electrons. The number of halogens is 5. The maximum absolute atomic E-state index is 13.1. The Morgan fingerprint density at radius 1 is 1.00 bits per heavy atom. The van der Waals surface area contributed by atoms with Gasteiger partial charge < -0.3 is 10.4 Å². The minimum atomic E-state index is -4.58. The van der Waals surface area contributed by atoms with Gasteiger partial charge in [0.2, 0.25) is 5.91 Å². The molecule has 27 heavy (non-hydrogen) atoms. The molecule has 0 spiro atoms. The number of nitrogens with one attached hydrogen (secondary N) is 1. The zero-order valence-electron chi connectivity index (χ0n) is 13.7. The molecule has 2 aromatic rings. The lowest BCUT2D eigenvalue weighted by Gasteiger charge is -2.16. The summed E-state index contributed by atoms with van der Waals surface area (Å²) in [4.78, 5) is 23.3. The van der Waals surface area contributed by atoms with Crippen LogP contribution in [0.3, 0.4) is 0 Å². The number of carbonyl (C=O) groups is 2. The number of aliphatic carboxylic acids is 1. The van der Waals surface area contributed by atoms with Crippen molar-refractivity contribution in [3.8, 4) is 0 Å². The molecule has 0 bridgehead atoms. The quantitative estimate of drug-likeness (QED) is 0.748. The third kappa shape index (κ3) is 5.77. The highest BCUT2D eigenvalue weighted by molar-refractivity contribution is 5.85. The van der Waals surface area contributed by atoms with Crippen LogP contribution in [0.1, 0.15) is 16.7 Å². The summed E-state index contributed by atoms with van der Waals surface area (Å²) in [7, 11) is 0. The summed E-state index contributed by atoms with van der Waals surface area (Å²) in [5.41, 5.74) is -0.739. The van der Waals surface area contributed by atoms with Crippen LogP contribution in [0.25, 0.3) is 0 Å². The fourth-order valence-corrected chi connectivity index (χ4v) is 2.39. The Hall–Kier alpha value is -2.97. The number of benzene rings is 2. The van der Waals surface area contributed by atoms with E-state index in [4.69, 9.17) is 0 Å². The molecule has 2 rings (SSSR count). The predicted molar refractivity (Wildman–Crippen MR) is 84.8 cm³/mol. The molecule has 0 fully saturated rings. The van der Waals surface area contributed by atoms with Crippen molar-refractivity contribution in [3.63, 3.8) is 0 Å². The third-order valence-electron chi connectivity index (χ3n) is 3.68. The summed E-state index contributed by atoms with van der Waals surface area (Å²) in [6.45, 7) is 0. The summed E-state index contributed by atoms with van der Waals surface area (Å²) in [5.74, 6) is -4.47. The minimum absolute atomic E-state index is 0.0744. The summed E-state index contributed by atoms with van der Waals surface area (Å²) >= 11 is 0. The zero-order valence-corrected chi connectivity index (χ0v) is 13.7. The van der Waals surface area contributed by atoms with Gasteiger partial charge in [0, 0.05) is 6.42 Å². The summed E-state index contributed by atoms with van der Waals surface area (Å²) in [6, 6.07) is 5.42. The summed E-state index contributed by atoms with van der Waals surface area (Å²) < 4.78 is 64.2. The molecule has 0 aliphatic rings. The topological polar surface area (TPSA) is 66.4 Å². The molecule has 4 nitrogen and oxygen atoms in total. The van der Waals surface area contributed by atoms with E-state index in [1.165, 1.54) is 12.1 Å². The summed E-state index contributed by atoms with van der Waals surface area (Å²) in [5, 5.41) is 11.4. The number of hydrogen-bond acceptors (Lipinski definition) is 2. The molecule has 0 saturated heterocycles. The Morgan fingerprint density at radius 2 is 1.70 bits per heavy atom.